The Morgan fingerprint density at radius 1 is 1.16 bits per heavy atom. The number of imidazole rings is 1. The standard InChI is InChI=1S/C24H27FN4O2S/c1-26-23-10-17-9-22(25)20(11-19(17)21(23)8-16-6-4-3-5-7-16)18-12-29(13-18)32(30,31)24-14-28(2)15-27-24/h3-7,9,11,14-15,18,21,23,26H,8,10,12-13H2,1-2H3. The smallest absolute Gasteiger partial charge is 0.262 e. The van der Waals surface area contributed by atoms with Crippen LogP contribution in [0.25, 0.3) is 0 Å². The molecule has 6 nitrogen and oxygen atoms in total. The molecule has 0 amide bonds. The number of rotatable bonds is 6. The van der Waals surface area contributed by atoms with Gasteiger partial charge in [-0.3, -0.25) is 0 Å². The minimum absolute atomic E-state index is 0.0349. The van der Waals surface area contributed by atoms with Crippen LogP contribution < -0.4 is 5.32 Å². The highest BCUT2D eigenvalue weighted by Gasteiger charge is 2.41. The Kier molecular flexibility index (Phi) is 5.39. The summed E-state index contributed by atoms with van der Waals surface area (Å²) in [5, 5.41) is 3.44. The van der Waals surface area contributed by atoms with Crippen molar-refractivity contribution in [1.29, 1.82) is 0 Å². The number of fused-ring (bicyclic) bond motifs is 1. The van der Waals surface area contributed by atoms with Gasteiger partial charge in [0.05, 0.1) is 6.33 Å². The number of sulfonamides is 1. The lowest BCUT2D eigenvalue weighted by molar-refractivity contribution is 0.258. The second-order valence-electron chi connectivity index (χ2n) is 8.86. The van der Waals surface area contributed by atoms with Crippen LogP contribution >= 0.6 is 0 Å². The fraction of sp³-hybridized carbons (Fsp3) is 0.375. The molecule has 1 N–H and O–H groups in total. The SMILES string of the molecule is CNC1Cc2cc(F)c(C3CN(S(=O)(=O)c4cn(C)cn4)C3)cc2C1Cc1ccccc1. The highest BCUT2D eigenvalue weighted by molar-refractivity contribution is 7.89. The Labute approximate surface area is 188 Å². The van der Waals surface area contributed by atoms with Crippen molar-refractivity contribution in [3.05, 3.63) is 83.1 Å². The monoisotopic (exact) mass is 454 g/mol. The Balaban J connectivity index is 1.39. The van der Waals surface area contributed by atoms with E-state index in [-0.39, 0.29) is 41.8 Å². The number of hydrogen-bond donors (Lipinski definition) is 1. The maximum Gasteiger partial charge on any atom is 0.262 e. The van der Waals surface area contributed by atoms with Crippen LogP contribution in [0.4, 0.5) is 4.39 Å². The van der Waals surface area contributed by atoms with Crippen molar-refractivity contribution < 1.29 is 12.8 Å². The van der Waals surface area contributed by atoms with Crippen molar-refractivity contribution in [3.63, 3.8) is 0 Å². The maximum absolute atomic E-state index is 15.0. The van der Waals surface area contributed by atoms with Gasteiger partial charge in [0.25, 0.3) is 10.0 Å². The highest BCUT2D eigenvalue weighted by Crippen LogP contribution is 2.41. The van der Waals surface area contributed by atoms with Crippen LogP contribution in [0.2, 0.25) is 0 Å². The molecule has 2 heterocycles. The van der Waals surface area contributed by atoms with Gasteiger partial charge in [-0.05, 0) is 48.2 Å². The van der Waals surface area contributed by atoms with Crippen molar-refractivity contribution in [1.82, 2.24) is 19.2 Å². The van der Waals surface area contributed by atoms with E-state index in [0.717, 1.165) is 18.4 Å². The average molecular weight is 455 g/mol. The van der Waals surface area contributed by atoms with Gasteiger partial charge in [0.1, 0.15) is 5.82 Å². The van der Waals surface area contributed by atoms with Gasteiger partial charge < -0.3 is 9.88 Å². The third kappa shape index (κ3) is 3.66. The van der Waals surface area contributed by atoms with E-state index >= 15 is 4.39 Å². The molecule has 0 radical (unpaired) electrons. The molecule has 1 aliphatic heterocycles. The molecule has 2 aliphatic rings. The van der Waals surface area contributed by atoms with E-state index < -0.39 is 10.0 Å². The molecule has 2 atom stereocenters. The number of halogens is 1. The van der Waals surface area contributed by atoms with Gasteiger partial charge in [-0.25, -0.2) is 17.8 Å². The summed E-state index contributed by atoms with van der Waals surface area (Å²) in [6, 6.07) is 14.3. The number of nitrogens with one attached hydrogen (secondary N) is 1. The number of aryl methyl sites for hydroxylation is 1. The first-order chi connectivity index (χ1) is 15.4. The topological polar surface area (TPSA) is 67.2 Å². The predicted molar refractivity (Wildman–Crippen MR) is 121 cm³/mol. The van der Waals surface area contributed by atoms with Crippen molar-refractivity contribution in [2.75, 3.05) is 20.1 Å². The summed E-state index contributed by atoms with van der Waals surface area (Å²) in [6.07, 6.45) is 4.64. The van der Waals surface area contributed by atoms with Crippen LogP contribution in [0.3, 0.4) is 0 Å². The molecule has 3 aromatic rings. The molecule has 8 heteroatoms. The summed E-state index contributed by atoms with van der Waals surface area (Å²) in [7, 11) is 0.0458. The Morgan fingerprint density at radius 3 is 2.56 bits per heavy atom. The van der Waals surface area contributed by atoms with Crippen LogP contribution in [-0.2, 0) is 29.9 Å². The van der Waals surface area contributed by atoms with Crippen molar-refractivity contribution in [3.8, 4) is 0 Å². The minimum atomic E-state index is -3.64. The number of likely N-dealkylation sites (N-methyl/N-ethyl adjacent to an activating group) is 1. The zero-order chi connectivity index (χ0) is 22.5. The van der Waals surface area contributed by atoms with E-state index in [1.807, 2.05) is 31.3 Å². The second-order valence-corrected chi connectivity index (χ2v) is 10.7. The van der Waals surface area contributed by atoms with E-state index in [1.54, 1.807) is 17.7 Å². The van der Waals surface area contributed by atoms with Gasteiger partial charge in [-0.2, -0.15) is 4.31 Å². The molecule has 0 spiro atoms. The molecule has 0 bridgehead atoms. The molecular formula is C24H27FN4O2S. The zero-order valence-electron chi connectivity index (χ0n) is 18.2. The molecule has 0 saturated carbocycles. The van der Waals surface area contributed by atoms with Gasteiger partial charge in [0.15, 0.2) is 5.03 Å². The van der Waals surface area contributed by atoms with Crippen LogP contribution in [0, 0.1) is 5.82 Å². The average Bonchev–Trinajstić information content (AvgIpc) is 3.32. The lowest BCUT2D eigenvalue weighted by atomic mass is 9.86. The largest absolute Gasteiger partial charge is 0.339 e. The van der Waals surface area contributed by atoms with E-state index in [4.69, 9.17) is 0 Å². The zero-order valence-corrected chi connectivity index (χ0v) is 19.0. The highest BCUT2D eigenvalue weighted by atomic mass is 32.2. The van der Waals surface area contributed by atoms with Crippen molar-refractivity contribution in [2.24, 2.45) is 7.05 Å². The third-order valence-corrected chi connectivity index (χ3v) is 8.54. The molecule has 168 valence electrons. The second kappa shape index (κ2) is 8.10. The fourth-order valence-corrected chi connectivity index (χ4v) is 6.49. The third-order valence-electron chi connectivity index (χ3n) is 6.83. The van der Waals surface area contributed by atoms with Gasteiger partial charge in [0.2, 0.25) is 0 Å². The Hall–Kier alpha value is -2.55. The normalized spacial score (nSPS) is 21.5. The first-order valence-electron chi connectivity index (χ1n) is 10.9. The Morgan fingerprint density at radius 2 is 1.91 bits per heavy atom. The molecule has 2 unspecified atom stereocenters. The van der Waals surface area contributed by atoms with E-state index in [1.165, 1.54) is 28.0 Å². The number of aromatic nitrogens is 2. The van der Waals surface area contributed by atoms with Crippen molar-refractivity contribution in [2.45, 2.75) is 35.7 Å². The molecule has 1 saturated heterocycles. The fourth-order valence-electron chi connectivity index (χ4n) is 4.99. The summed E-state index contributed by atoms with van der Waals surface area (Å²) in [5.74, 6) is -0.131. The molecule has 1 aliphatic carbocycles. The van der Waals surface area contributed by atoms with Gasteiger partial charge >= 0.3 is 0 Å². The minimum Gasteiger partial charge on any atom is -0.339 e. The summed E-state index contributed by atoms with van der Waals surface area (Å²) in [6.45, 7) is 0.543. The molecule has 32 heavy (non-hydrogen) atoms. The van der Waals surface area contributed by atoms with E-state index in [2.05, 4.69) is 22.4 Å². The summed E-state index contributed by atoms with van der Waals surface area (Å²) < 4.78 is 43.6. The lowest BCUT2D eigenvalue weighted by Gasteiger charge is -2.38. The van der Waals surface area contributed by atoms with Crippen LogP contribution in [-0.4, -0.2) is 48.5 Å². The summed E-state index contributed by atoms with van der Waals surface area (Å²) in [4.78, 5) is 3.97. The number of nitrogens with zero attached hydrogens (tertiary/aromatic N) is 3. The molecule has 2 aromatic carbocycles. The molecule has 1 aromatic heterocycles. The van der Waals surface area contributed by atoms with E-state index in [0.29, 0.717) is 5.56 Å². The van der Waals surface area contributed by atoms with Gasteiger partial charge in [-0.15, -0.1) is 0 Å². The summed E-state index contributed by atoms with van der Waals surface area (Å²) >= 11 is 0. The Bertz CT molecular complexity index is 1240. The van der Waals surface area contributed by atoms with Gasteiger partial charge in [-0.1, -0.05) is 36.4 Å². The molecule has 5 rings (SSSR count). The quantitative estimate of drug-likeness (QED) is 0.622. The lowest BCUT2D eigenvalue weighted by Crippen LogP contribution is -2.48. The van der Waals surface area contributed by atoms with Crippen LogP contribution in [0.15, 0.2) is 60.0 Å². The molecular weight excluding hydrogens is 427 g/mol. The van der Waals surface area contributed by atoms with Gasteiger partial charge in [0, 0.05) is 44.2 Å². The predicted octanol–water partition coefficient (Wildman–Crippen LogP) is 2.82. The first kappa shape index (κ1) is 21.3. The van der Waals surface area contributed by atoms with E-state index in [9.17, 15) is 8.42 Å². The summed E-state index contributed by atoms with van der Waals surface area (Å²) in [5.41, 5.74) is 4.10. The first-order valence-corrected chi connectivity index (χ1v) is 12.3. The van der Waals surface area contributed by atoms with Crippen LogP contribution in [0.1, 0.15) is 34.1 Å². The van der Waals surface area contributed by atoms with Crippen LogP contribution in [0.5, 0.6) is 0 Å². The number of benzene rings is 2. The van der Waals surface area contributed by atoms with Crippen molar-refractivity contribution >= 4 is 10.0 Å². The number of hydrogen-bond acceptors (Lipinski definition) is 4. The molecule has 1 fully saturated rings. The maximum atomic E-state index is 15.0.